The first-order valence-electron chi connectivity index (χ1n) is 5.48. The lowest BCUT2D eigenvalue weighted by molar-refractivity contribution is 0.733. The van der Waals surface area contributed by atoms with E-state index in [1.165, 1.54) is 0 Å². The maximum Gasteiger partial charge on any atom is 0.0832 e. The van der Waals surface area contributed by atoms with Crippen molar-refractivity contribution < 1.29 is 0 Å². The summed E-state index contributed by atoms with van der Waals surface area (Å²) in [5.74, 6) is 0. The predicted molar refractivity (Wildman–Crippen MR) is 68.5 cm³/mol. The Hall–Kier alpha value is -1.39. The summed E-state index contributed by atoms with van der Waals surface area (Å²) in [6, 6.07) is 2.15. The number of nitrogens with two attached hydrogens (primary N) is 1. The minimum Gasteiger partial charge on any atom is -0.328 e. The van der Waals surface area contributed by atoms with E-state index in [0.717, 1.165) is 23.4 Å². The largest absolute Gasteiger partial charge is 0.328 e. The van der Waals surface area contributed by atoms with Gasteiger partial charge in [0.2, 0.25) is 0 Å². The first-order chi connectivity index (χ1) is 8.06. The standard InChI is InChI=1S/C12H15ClN4/c1-8(14)3-10-4-11(6-15-5-10)17-7-12(13)9(2)16-17/h4-8H,3,14H2,1-2H3. The van der Waals surface area contributed by atoms with Crippen LogP contribution in [0.15, 0.2) is 24.7 Å². The van der Waals surface area contributed by atoms with E-state index in [-0.39, 0.29) is 6.04 Å². The molecule has 0 aliphatic carbocycles. The summed E-state index contributed by atoms with van der Waals surface area (Å²) in [4.78, 5) is 4.19. The average molecular weight is 251 g/mol. The zero-order valence-electron chi connectivity index (χ0n) is 9.89. The zero-order valence-corrected chi connectivity index (χ0v) is 10.6. The van der Waals surface area contributed by atoms with E-state index in [1.807, 2.05) is 26.1 Å². The van der Waals surface area contributed by atoms with Crippen LogP contribution < -0.4 is 5.73 Å². The van der Waals surface area contributed by atoms with E-state index in [0.29, 0.717) is 5.02 Å². The first kappa shape index (κ1) is 12.1. The molecule has 0 radical (unpaired) electrons. The van der Waals surface area contributed by atoms with Gasteiger partial charge in [-0.25, -0.2) is 4.68 Å². The molecule has 1 atom stereocenters. The molecule has 0 fully saturated rings. The molecule has 90 valence electrons. The van der Waals surface area contributed by atoms with E-state index in [9.17, 15) is 0 Å². The van der Waals surface area contributed by atoms with Crippen LogP contribution in [0.5, 0.6) is 0 Å². The predicted octanol–water partition coefficient (Wildman–Crippen LogP) is 2.12. The van der Waals surface area contributed by atoms with Crippen molar-refractivity contribution in [3.63, 3.8) is 0 Å². The third kappa shape index (κ3) is 2.84. The fourth-order valence-corrected chi connectivity index (χ4v) is 1.78. The summed E-state index contributed by atoms with van der Waals surface area (Å²) < 4.78 is 1.73. The summed E-state index contributed by atoms with van der Waals surface area (Å²) in [5, 5.41) is 4.97. The highest BCUT2D eigenvalue weighted by molar-refractivity contribution is 6.31. The summed E-state index contributed by atoms with van der Waals surface area (Å²) in [7, 11) is 0. The first-order valence-corrected chi connectivity index (χ1v) is 5.85. The number of pyridine rings is 1. The van der Waals surface area contributed by atoms with Gasteiger partial charge >= 0.3 is 0 Å². The highest BCUT2D eigenvalue weighted by Gasteiger charge is 2.06. The smallest absolute Gasteiger partial charge is 0.0832 e. The molecule has 0 saturated heterocycles. The zero-order chi connectivity index (χ0) is 12.4. The van der Waals surface area contributed by atoms with Crippen LogP contribution in [-0.4, -0.2) is 20.8 Å². The normalized spacial score (nSPS) is 12.7. The molecular weight excluding hydrogens is 236 g/mol. The van der Waals surface area contributed by atoms with Crippen LogP contribution in [-0.2, 0) is 6.42 Å². The Morgan fingerprint density at radius 2 is 2.24 bits per heavy atom. The van der Waals surface area contributed by atoms with Gasteiger partial charge in [-0.15, -0.1) is 0 Å². The fraction of sp³-hybridized carbons (Fsp3) is 0.333. The van der Waals surface area contributed by atoms with Gasteiger partial charge in [0.05, 0.1) is 22.6 Å². The molecule has 2 rings (SSSR count). The van der Waals surface area contributed by atoms with Crippen molar-refractivity contribution in [2.24, 2.45) is 5.73 Å². The number of halogens is 1. The Balaban J connectivity index is 2.32. The summed E-state index contributed by atoms with van der Waals surface area (Å²) in [6.45, 7) is 3.85. The molecule has 4 nitrogen and oxygen atoms in total. The van der Waals surface area contributed by atoms with Gasteiger partial charge in [-0.1, -0.05) is 11.6 Å². The molecule has 0 aromatic carbocycles. The van der Waals surface area contributed by atoms with Crippen LogP contribution in [0, 0.1) is 6.92 Å². The van der Waals surface area contributed by atoms with Crippen LogP contribution >= 0.6 is 11.6 Å². The Bertz CT molecular complexity index is 499. The topological polar surface area (TPSA) is 56.7 Å². The molecule has 0 saturated carbocycles. The minimum absolute atomic E-state index is 0.120. The lowest BCUT2D eigenvalue weighted by atomic mass is 10.1. The Labute approximate surface area is 105 Å². The molecule has 0 aliphatic heterocycles. The van der Waals surface area contributed by atoms with Gasteiger partial charge in [0.1, 0.15) is 0 Å². The van der Waals surface area contributed by atoms with Crippen molar-refractivity contribution in [3.8, 4) is 5.69 Å². The van der Waals surface area contributed by atoms with Gasteiger partial charge in [0.25, 0.3) is 0 Å². The minimum atomic E-state index is 0.120. The van der Waals surface area contributed by atoms with Crippen molar-refractivity contribution >= 4 is 11.6 Å². The van der Waals surface area contributed by atoms with Crippen molar-refractivity contribution in [2.75, 3.05) is 0 Å². The highest BCUT2D eigenvalue weighted by atomic mass is 35.5. The maximum absolute atomic E-state index is 5.98. The molecule has 2 N–H and O–H groups in total. The molecule has 17 heavy (non-hydrogen) atoms. The maximum atomic E-state index is 5.98. The molecule has 5 heteroatoms. The van der Waals surface area contributed by atoms with Gasteiger partial charge in [-0.05, 0) is 31.9 Å². The fourth-order valence-electron chi connectivity index (χ4n) is 1.65. The number of aryl methyl sites for hydroxylation is 1. The Morgan fingerprint density at radius 1 is 1.47 bits per heavy atom. The second kappa shape index (κ2) is 4.85. The van der Waals surface area contributed by atoms with Crippen molar-refractivity contribution in [3.05, 3.63) is 40.9 Å². The summed E-state index contributed by atoms with van der Waals surface area (Å²) >= 11 is 5.98. The van der Waals surface area contributed by atoms with Crippen LogP contribution in [0.3, 0.4) is 0 Å². The van der Waals surface area contributed by atoms with Gasteiger partial charge in [0.15, 0.2) is 0 Å². The van der Waals surface area contributed by atoms with Crippen LogP contribution in [0.4, 0.5) is 0 Å². The number of hydrogen-bond donors (Lipinski definition) is 1. The number of hydrogen-bond acceptors (Lipinski definition) is 3. The monoisotopic (exact) mass is 250 g/mol. The van der Waals surface area contributed by atoms with Crippen molar-refractivity contribution in [1.82, 2.24) is 14.8 Å². The van der Waals surface area contributed by atoms with E-state index in [1.54, 1.807) is 17.1 Å². The van der Waals surface area contributed by atoms with Crippen LogP contribution in [0.1, 0.15) is 18.2 Å². The second-order valence-corrected chi connectivity index (χ2v) is 4.65. The highest BCUT2D eigenvalue weighted by Crippen LogP contribution is 2.16. The molecule has 2 aromatic heterocycles. The van der Waals surface area contributed by atoms with E-state index in [4.69, 9.17) is 17.3 Å². The van der Waals surface area contributed by atoms with Crippen LogP contribution in [0.2, 0.25) is 5.02 Å². The van der Waals surface area contributed by atoms with E-state index >= 15 is 0 Å². The number of aromatic nitrogens is 3. The van der Waals surface area contributed by atoms with E-state index in [2.05, 4.69) is 10.1 Å². The third-order valence-corrected chi connectivity index (χ3v) is 2.81. The molecule has 0 aliphatic rings. The molecule has 2 heterocycles. The second-order valence-electron chi connectivity index (χ2n) is 4.24. The molecular formula is C12H15ClN4. The van der Waals surface area contributed by atoms with Crippen molar-refractivity contribution in [2.45, 2.75) is 26.3 Å². The average Bonchev–Trinajstić information content (AvgIpc) is 2.59. The van der Waals surface area contributed by atoms with Gasteiger partial charge in [-0.2, -0.15) is 5.10 Å². The molecule has 1 unspecified atom stereocenters. The van der Waals surface area contributed by atoms with Crippen molar-refractivity contribution in [1.29, 1.82) is 0 Å². The molecule has 0 amide bonds. The number of nitrogens with zero attached hydrogens (tertiary/aromatic N) is 3. The van der Waals surface area contributed by atoms with Crippen LogP contribution in [0.25, 0.3) is 5.69 Å². The number of rotatable bonds is 3. The Kier molecular flexibility index (Phi) is 3.45. The summed E-state index contributed by atoms with van der Waals surface area (Å²) in [5.41, 5.74) is 8.58. The molecule has 0 spiro atoms. The SMILES string of the molecule is Cc1nn(-c2cncc(CC(C)N)c2)cc1Cl. The summed E-state index contributed by atoms with van der Waals surface area (Å²) in [6.07, 6.45) is 6.16. The van der Waals surface area contributed by atoms with Gasteiger partial charge in [-0.3, -0.25) is 4.98 Å². The lowest BCUT2D eigenvalue weighted by Gasteiger charge is -2.06. The quantitative estimate of drug-likeness (QED) is 0.908. The van der Waals surface area contributed by atoms with Gasteiger partial charge < -0.3 is 5.73 Å². The third-order valence-electron chi connectivity index (χ3n) is 2.44. The van der Waals surface area contributed by atoms with E-state index < -0.39 is 0 Å². The molecule has 0 bridgehead atoms. The van der Waals surface area contributed by atoms with Gasteiger partial charge in [0, 0.05) is 18.4 Å². The Morgan fingerprint density at radius 3 is 2.82 bits per heavy atom. The lowest BCUT2D eigenvalue weighted by Crippen LogP contribution is -2.18. The molecule has 2 aromatic rings.